The molecule has 1 heterocycles. The standard InChI is InChI=1S/C15H20N2O2/c1-13-12-18-9-7-17(13)6-3-8-19-15-5-2-4-14(10-15)11-16/h2,4-5,10,13H,3,6-9,12H2,1H3. The Kier molecular flexibility index (Phi) is 5.20. The van der Waals surface area contributed by atoms with Crippen LogP contribution in [0.2, 0.25) is 0 Å². The average Bonchev–Trinajstić information content (AvgIpc) is 2.45. The van der Waals surface area contributed by atoms with Gasteiger partial charge in [0.1, 0.15) is 5.75 Å². The highest BCUT2D eigenvalue weighted by Gasteiger charge is 2.17. The van der Waals surface area contributed by atoms with E-state index in [0.29, 0.717) is 18.2 Å². The van der Waals surface area contributed by atoms with Gasteiger partial charge in [-0.25, -0.2) is 0 Å². The molecule has 1 fully saturated rings. The van der Waals surface area contributed by atoms with Crippen molar-refractivity contribution in [2.24, 2.45) is 0 Å². The zero-order valence-corrected chi connectivity index (χ0v) is 11.3. The van der Waals surface area contributed by atoms with Gasteiger partial charge in [0.05, 0.1) is 31.5 Å². The number of benzene rings is 1. The molecule has 0 radical (unpaired) electrons. The summed E-state index contributed by atoms with van der Waals surface area (Å²) < 4.78 is 11.1. The van der Waals surface area contributed by atoms with Crippen molar-refractivity contribution in [2.75, 3.05) is 32.9 Å². The van der Waals surface area contributed by atoms with Crippen molar-refractivity contribution in [3.05, 3.63) is 29.8 Å². The van der Waals surface area contributed by atoms with Crippen LogP contribution < -0.4 is 4.74 Å². The van der Waals surface area contributed by atoms with Crippen LogP contribution in [0.5, 0.6) is 5.75 Å². The van der Waals surface area contributed by atoms with E-state index >= 15 is 0 Å². The number of nitrogens with zero attached hydrogens (tertiary/aromatic N) is 2. The lowest BCUT2D eigenvalue weighted by Gasteiger charge is -2.33. The van der Waals surface area contributed by atoms with Crippen LogP contribution in [0.15, 0.2) is 24.3 Å². The molecule has 1 atom stereocenters. The lowest BCUT2D eigenvalue weighted by atomic mass is 10.2. The molecular formula is C15H20N2O2. The van der Waals surface area contributed by atoms with Gasteiger partial charge in [0, 0.05) is 19.1 Å². The zero-order valence-electron chi connectivity index (χ0n) is 11.3. The molecule has 0 spiro atoms. The van der Waals surface area contributed by atoms with E-state index in [1.54, 1.807) is 12.1 Å². The van der Waals surface area contributed by atoms with Gasteiger partial charge in [-0.05, 0) is 31.5 Å². The topological polar surface area (TPSA) is 45.5 Å². The van der Waals surface area contributed by atoms with Gasteiger partial charge in [-0.3, -0.25) is 4.90 Å². The summed E-state index contributed by atoms with van der Waals surface area (Å²) in [4.78, 5) is 2.43. The van der Waals surface area contributed by atoms with Gasteiger partial charge in [0.25, 0.3) is 0 Å². The van der Waals surface area contributed by atoms with Crippen LogP contribution in [0.3, 0.4) is 0 Å². The van der Waals surface area contributed by atoms with Crippen LogP contribution in [0.4, 0.5) is 0 Å². The highest BCUT2D eigenvalue weighted by atomic mass is 16.5. The van der Waals surface area contributed by atoms with E-state index in [-0.39, 0.29) is 0 Å². The van der Waals surface area contributed by atoms with Gasteiger partial charge in [0.2, 0.25) is 0 Å². The average molecular weight is 260 g/mol. The molecule has 1 saturated heterocycles. The highest BCUT2D eigenvalue weighted by Crippen LogP contribution is 2.13. The van der Waals surface area contributed by atoms with Gasteiger partial charge < -0.3 is 9.47 Å². The fourth-order valence-electron chi connectivity index (χ4n) is 2.21. The fourth-order valence-corrected chi connectivity index (χ4v) is 2.21. The summed E-state index contributed by atoms with van der Waals surface area (Å²) in [7, 11) is 0. The molecule has 0 saturated carbocycles. The summed E-state index contributed by atoms with van der Waals surface area (Å²) in [6.45, 7) is 6.56. The maximum Gasteiger partial charge on any atom is 0.120 e. The molecule has 102 valence electrons. The summed E-state index contributed by atoms with van der Waals surface area (Å²) in [6.07, 6.45) is 0.987. The van der Waals surface area contributed by atoms with Gasteiger partial charge in [-0.2, -0.15) is 5.26 Å². The third kappa shape index (κ3) is 4.23. The predicted molar refractivity (Wildman–Crippen MR) is 73.1 cm³/mol. The Morgan fingerprint density at radius 3 is 3.21 bits per heavy atom. The third-order valence-electron chi connectivity index (χ3n) is 3.33. The van der Waals surface area contributed by atoms with Crippen LogP contribution in [-0.4, -0.2) is 43.9 Å². The van der Waals surface area contributed by atoms with E-state index in [4.69, 9.17) is 14.7 Å². The summed E-state index contributed by atoms with van der Waals surface area (Å²) in [5.41, 5.74) is 0.638. The second kappa shape index (κ2) is 7.13. The first kappa shape index (κ1) is 13.9. The summed E-state index contributed by atoms with van der Waals surface area (Å²) in [5.74, 6) is 0.772. The summed E-state index contributed by atoms with van der Waals surface area (Å²) >= 11 is 0. The van der Waals surface area contributed by atoms with E-state index in [2.05, 4.69) is 17.9 Å². The number of hydrogen-bond acceptors (Lipinski definition) is 4. The Hall–Kier alpha value is -1.57. The van der Waals surface area contributed by atoms with E-state index in [9.17, 15) is 0 Å². The molecule has 1 aromatic carbocycles. The van der Waals surface area contributed by atoms with E-state index in [0.717, 1.165) is 38.5 Å². The molecule has 0 aliphatic carbocycles. The minimum absolute atomic E-state index is 0.496. The molecule has 4 nitrogen and oxygen atoms in total. The zero-order chi connectivity index (χ0) is 13.5. The molecule has 4 heteroatoms. The van der Waals surface area contributed by atoms with Crippen molar-refractivity contribution in [1.82, 2.24) is 4.90 Å². The molecule has 1 aliphatic heterocycles. The first-order valence-corrected chi connectivity index (χ1v) is 6.74. The Bertz CT molecular complexity index is 442. The second-order valence-corrected chi connectivity index (χ2v) is 4.80. The number of morpholine rings is 1. The normalized spacial score (nSPS) is 19.9. The van der Waals surface area contributed by atoms with Crippen molar-refractivity contribution in [3.63, 3.8) is 0 Å². The highest BCUT2D eigenvalue weighted by molar-refractivity contribution is 5.36. The molecular weight excluding hydrogens is 240 g/mol. The Labute approximate surface area is 114 Å². The van der Waals surface area contributed by atoms with Crippen LogP contribution in [-0.2, 0) is 4.74 Å². The van der Waals surface area contributed by atoms with E-state index in [1.165, 1.54) is 0 Å². The Morgan fingerprint density at radius 2 is 2.42 bits per heavy atom. The number of nitriles is 1. The number of hydrogen-bond donors (Lipinski definition) is 0. The molecule has 1 aromatic rings. The third-order valence-corrected chi connectivity index (χ3v) is 3.33. The number of ether oxygens (including phenoxy) is 2. The van der Waals surface area contributed by atoms with Gasteiger partial charge in [-0.15, -0.1) is 0 Å². The molecule has 1 aliphatic rings. The summed E-state index contributed by atoms with van der Waals surface area (Å²) in [5, 5.41) is 8.81. The van der Waals surface area contributed by atoms with Gasteiger partial charge in [0.15, 0.2) is 0 Å². The lowest BCUT2D eigenvalue weighted by molar-refractivity contribution is -0.00200. The fraction of sp³-hybridized carbons (Fsp3) is 0.533. The van der Waals surface area contributed by atoms with E-state index < -0.39 is 0 Å². The quantitative estimate of drug-likeness (QED) is 0.760. The van der Waals surface area contributed by atoms with Gasteiger partial charge in [-0.1, -0.05) is 6.07 Å². The SMILES string of the molecule is CC1COCCN1CCCOc1cccc(C#N)c1. The second-order valence-electron chi connectivity index (χ2n) is 4.80. The van der Waals surface area contributed by atoms with Crippen molar-refractivity contribution >= 4 is 0 Å². The van der Waals surface area contributed by atoms with Crippen molar-refractivity contribution in [2.45, 2.75) is 19.4 Å². The largest absolute Gasteiger partial charge is 0.494 e. The van der Waals surface area contributed by atoms with Crippen LogP contribution in [0, 0.1) is 11.3 Å². The number of rotatable bonds is 5. The molecule has 2 rings (SSSR count). The predicted octanol–water partition coefficient (Wildman–Crippen LogP) is 2.05. The maximum absolute atomic E-state index is 8.81. The van der Waals surface area contributed by atoms with Crippen molar-refractivity contribution < 1.29 is 9.47 Å². The molecule has 19 heavy (non-hydrogen) atoms. The lowest BCUT2D eigenvalue weighted by Crippen LogP contribution is -2.44. The monoisotopic (exact) mass is 260 g/mol. The van der Waals surface area contributed by atoms with Crippen LogP contribution in [0.25, 0.3) is 0 Å². The summed E-state index contributed by atoms with van der Waals surface area (Å²) in [6, 6.07) is 9.90. The smallest absolute Gasteiger partial charge is 0.120 e. The molecule has 0 aromatic heterocycles. The van der Waals surface area contributed by atoms with Gasteiger partial charge >= 0.3 is 0 Å². The molecule has 1 unspecified atom stereocenters. The molecule has 0 N–H and O–H groups in total. The van der Waals surface area contributed by atoms with Crippen molar-refractivity contribution in [1.29, 1.82) is 5.26 Å². The first-order chi connectivity index (χ1) is 9.29. The van der Waals surface area contributed by atoms with E-state index in [1.807, 2.05) is 12.1 Å². The van der Waals surface area contributed by atoms with Crippen LogP contribution >= 0.6 is 0 Å². The van der Waals surface area contributed by atoms with Crippen molar-refractivity contribution in [3.8, 4) is 11.8 Å². The first-order valence-electron chi connectivity index (χ1n) is 6.74. The Morgan fingerprint density at radius 1 is 1.53 bits per heavy atom. The minimum atomic E-state index is 0.496. The minimum Gasteiger partial charge on any atom is -0.494 e. The molecule has 0 amide bonds. The van der Waals surface area contributed by atoms with Crippen LogP contribution in [0.1, 0.15) is 18.9 Å². The maximum atomic E-state index is 8.81. The Balaban J connectivity index is 1.70. The molecule has 0 bridgehead atoms.